The highest BCUT2D eigenvalue weighted by Gasteiger charge is 2.75. The maximum absolute atomic E-state index is 13.1. The van der Waals surface area contributed by atoms with Crippen LogP contribution >= 0.6 is 0 Å². The molecular weight excluding hydrogens is 394 g/mol. The topological polar surface area (TPSA) is 110 Å². The molecule has 0 heterocycles. The molecule has 0 aliphatic rings. The van der Waals surface area contributed by atoms with E-state index < -0.39 is 56.5 Å². The number of hydrogen-bond donors (Lipinski definition) is 1. The van der Waals surface area contributed by atoms with E-state index in [0.29, 0.717) is 6.07 Å². The lowest BCUT2D eigenvalue weighted by Crippen LogP contribution is -2.63. The van der Waals surface area contributed by atoms with E-state index in [9.17, 15) is 44.1 Å². The minimum atomic E-state index is -6.50. The zero-order chi connectivity index (χ0) is 20.7. The number of nitrogens with two attached hydrogens (primary N) is 1. The maximum Gasteiger partial charge on any atom is 0.438 e. The Balaban J connectivity index is 3.58. The van der Waals surface area contributed by atoms with Gasteiger partial charge in [0.05, 0.1) is 21.4 Å². The Bertz CT molecular complexity index is 810. The van der Waals surface area contributed by atoms with Crippen molar-refractivity contribution in [1.82, 2.24) is 0 Å². The molecule has 0 atom stereocenters. The molecular formula is C11H6B2F6NO5S-. The lowest BCUT2D eigenvalue weighted by molar-refractivity contribution is -0.356. The van der Waals surface area contributed by atoms with E-state index in [1.54, 1.807) is 0 Å². The number of carbonyl (C=O) groups is 1. The van der Waals surface area contributed by atoms with Crippen molar-refractivity contribution in [2.24, 2.45) is 0 Å². The molecule has 0 aromatic heterocycles. The number of halogens is 6. The summed E-state index contributed by atoms with van der Waals surface area (Å²) >= 11 is 0. The smallest absolute Gasteiger partial charge is 0.438 e. The minimum absolute atomic E-state index is 0.357. The normalized spacial score (nSPS) is 13.5. The molecule has 140 valence electrons. The summed E-state index contributed by atoms with van der Waals surface area (Å²) in [6.07, 6.45) is -13.0. The average molecular weight is 400 g/mol. The van der Waals surface area contributed by atoms with Gasteiger partial charge in [-0.25, -0.2) is 13.2 Å². The minimum Gasteiger partial charge on any atom is -0.748 e. The van der Waals surface area contributed by atoms with Crippen molar-refractivity contribution in [2.45, 2.75) is 18.0 Å². The molecule has 0 bridgehead atoms. The van der Waals surface area contributed by atoms with Crippen molar-refractivity contribution in [3.8, 4) is 0 Å². The van der Waals surface area contributed by atoms with Crippen LogP contribution in [0.2, 0.25) is 0 Å². The van der Waals surface area contributed by atoms with E-state index in [4.69, 9.17) is 21.4 Å². The second kappa shape index (κ2) is 6.68. The molecule has 1 rings (SSSR count). The third kappa shape index (κ3) is 4.44. The molecule has 4 radical (unpaired) electrons. The van der Waals surface area contributed by atoms with E-state index in [1.807, 2.05) is 0 Å². The first-order chi connectivity index (χ1) is 11.4. The molecule has 0 unspecified atom stereocenters. The monoisotopic (exact) mass is 400 g/mol. The lowest BCUT2D eigenvalue weighted by atomic mass is 9.84. The first kappa shape index (κ1) is 22.2. The van der Waals surface area contributed by atoms with Gasteiger partial charge < -0.3 is 15.0 Å². The highest BCUT2D eigenvalue weighted by Crippen LogP contribution is 2.47. The van der Waals surface area contributed by atoms with Crippen molar-refractivity contribution in [2.75, 3.05) is 11.5 Å². The van der Waals surface area contributed by atoms with Gasteiger partial charge in [0.2, 0.25) is 0 Å². The molecule has 2 N–H and O–H groups in total. The quantitative estimate of drug-likeness (QED) is 0.238. The lowest BCUT2D eigenvalue weighted by Gasteiger charge is -2.37. The number of nitrogen functional groups attached to an aromatic ring is 1. The number of ether oxygens (including phenoxy) is 1. The van der Waals surface area contributed by atoms with Crippen LogP contribution in [0.4, 0.5) is 32.0 Å². The van der Waals surface area contributed by atoms with E-state index >= 15 is 0 Å². The van der Waals surface area contributed by atoms with Gasteiger partial charge in [-0.2, -0.15) is 26.3 Å². The molecule has 0 saturated carbocycles. The third-order valence-electron chi connectivity index (χ3n) is 3.02. The van der Waals surface area contributed by atoms with Crippen molar-refractivity contribution in [3.63, 3.8) is 0 Å². The molecule has 26 heavy (non-hydrogen) atoms. The number of alkyl halides is 6. The van der Waals surface area contributed by atoms with Gasteiger partial charge in [0, 0.05) is 5.69 Å². The Labute approximate surface area is 145 Å². The second-order valence-electron chi connectivity index (χ2n) is 4.99. The van der Waals surface area contributed by atoms with Gasteiger partial charge in [-0.3, -0.25) is 0 Å². The van der Waals surface area contributed by atoms with Crippen molar-refractivity contribution in [3.05, 3.63) is 17.7 Å². The largest absolute Gasteiger partial charge is 0.748 e. The fraction of sp³-hybridized carbons (Fsp3) is 0.364. The molecule has 0 spiro atoms. The summed E-state index contributed by atoms with van der Waals surface area (Å²) in [7, 11) is 4.41. The summed E-state index contributed by atoms with van der Waals surface area (Å²) in [4.78, 5) is 11.9. The SMILES string of the molecule is [B]c1cc([B])c(N)c(C(=O)OC(CS(=O)(=O)[O-])(C(F)(F)F)C(F)(F)F)c1. The van der Waals surface area contributed by atoms with Crippen LogP contribution in [0.15, 0.2) is 12.1 Å². The molecule has 1 aromatic rings. The summed E-state index contributed by atoms with van der Waals surface area (Å²) in [5.41, 5.74) is -2.98. The standard InChI is InChI=1S/C11H7B2F6NO5S/c12-4-1-5(7(20)6(13)2-4)8(21)25-9(10(14,15)16,11(17,18)19)3-26(22,23)24/h1-2H,3,20H2,(H,22,23,24)/p-1. The number of benzene rings is 1. The van der Waals surface area contributed by atoms with Gasteiger partial charge in [0.15, 0.2) is 0 Å². The van der Waals surface area contributed by atoms with Crippen LogP contribution in [0.25, 0.3) is 0 Å². The second-order valence-corrected chi connectivity index (χ2v) is 6.39. The molecule has 0 aliphatic heterocycles. The number of anilines is 1. The average Bonchev–Trinajstić information content (AvgIpc) is 2.37. The Morgan fingerprint density at radius 3 is 1.96 bits per heavy atom. The van der Waals surface area contributed by atoms with Crippen LogP contribution < -0.4 is 16.7 Å². The van der Waals surface area contributed by atoms with E-state index in [2.05, 4.69) is 4.74 Å². The molecule has 0 aliphatic carbocycles. The number of hydrogen-bond acceptors (Lipinski definition) is 6. The predicted molar refractivity (Wildman–Crippen MR) is 76.5 cm³/mol. The molecule has 15 heteroatoms. The number of esters is 1. The molecule has 0 amide bonds. The third-order valence-corrected chi connectivity index (χ3v) is 3.78. The van der Waals surface area contributed by atoms with Gasteiger partial charge in [-0.05, 0) is 0 Å². The van der Waals surface area contributed by atoms with Gasteiger partial charge in [-0.1, -0.05) is 23.1 Å². The van der Waals surface area contributed by atoms with E-state index in [-0.39, 0.29) is 5.46 Å². The highest BCUT2D eigenvalue weighted by molar-refractivity contribution is 7.85. The Kier molecular flexibility index (Phi) is 5.70. The van der Waals surface area contributed by atoms with Crippen LogP contribution in [-0.2, 0) is 14.9 Å². The number of carbonyl (C=O) groups excluding carboxylic acids is 1. The molecule has 0 fully saturated rings. The zero-order valence-corrected chi connectivity index (χ0v) is 13.1. The van der Waals surface area contributed by atoms with Crippen molar-refractivity contribution in [1.29, 1.82) is 0 Å². The zero-order valence-electron chi connectivity index (χ0n) is 12.3. The first-order valence-corrected chi connectivity index (χ1v) is 7.74. The van der Waals surface area contributed by atoms with Crippen molar-refractivity contribution >= 4 is 48.4 Å². The summed E-state index contributed by atoms with van der Waals surface area (Å²) in [5.74, 6) is -5.46. The fourth-order valence-electron chi connectivity index (χ4n) is 1.80. The summed E-state index contributed by atoms with van der Waals surface area (Å²) in [6, 6.07) is 1.52. The predicted octanol–water partition coefficient (Wildman–Crippen LogP) is -0.578. The summed E-state index contributed by atoms with van der Waals surface area (Å²) < 4.78 is 114. The van der Waals surface area contributed by atoms with E-state index in [1.165, 1.54) is 0 Å². The Hall–Kier alpha value is -1.89. The molecule has 0 saturated heterocycles. The van der Waals surface area contributed by atoms with Crippen LogP contribution in [0.3, 0.4) is 0 Å². The Morgan fingerprint density at radius 2 is 1.58 bits per heavy atom. The Morgan fingerprint density at radius 1 is 1.12 bits per heavy atom. The van der Waals surface area contributed by atoms with Crippen LogP contribution in [0, 0.1) is 0 Å². The first-order valence-electron chi connectivity index (χ1n) is 6.16. The van der Waals surface area contributed by atoms with E-state index in [0.717, 1.165) is 6.07 Å². The molecule has 1 aromatic carbocycles. The molecule has 6 nitrogen and oxygen atoms in total. The van der Waals surface area contributed by atoms with Gasteiger partial charge in [-0.15, -0.1) is 0 Å². The van der Waals surface area contributed by atoms with Gasteiger partial charge in [0.1, 0.15) is 15.7 Å². The van der Waals surface area contributed by atoms with Gasteiger partial charge >= 0.3 is 23.9 Å². The van der Waals surface area contributed by atoms with Gasteiger partial charge in [0.25, 0.3) is 0 Å². The van der Waals surface area contributed by atoms with Crippen LogP contribution in [0.5, 0.6) is 0 Å². The fourth-order valence-corrected chi connectivity index (χ4v) is 2.68. The van der Waals surface area contributed by atoms with Crippen LogP contribution in [-0.4, -0.2) is 58.3 Å². The summed E-state index contributed by atoms with van der Waals surface area (Å²) in [5, 5.41) is 0. The summed E-state index contributed by atoms with van der Waals surface area (Å²) in [6.45, 7) is 0. The highest BCUT2D eigenvalue weighted by atomic mass is 32.2. The van der Waals surface area contributed by atoms with Crippen LogP contribution in [0.1, 0.15) is 10.4 Å². The number of rotatable bonds is 4. The maximum atomic E-state index is 13.1. The van der Waals surface area contributed by atoms with Crippen molar-refractivity contribution < 1.29 is 48.8 Å².